The Bertz CT molecular complexity index is 930. The first-order valence-corrected chi connectivity index (χ1v) is 11.4. The van der Waals surface area contributed by atoms with E-state index in [1.54, 1.807) is 33.3 Å². The van der Waals surface area contributed by atoms with Crippen molar-refractivity contribution in [3.05, 3.63) is 52.0 Å². The predicted molar refractivity (Wildman–Crippen MR) is 116 cm³/mol. The fraction of sp³-hybridized carbons (Fsp3) is 0.478. The lowest BCUT2D eigenvalue weighted by Crippen LogP contribution is -2.48. The topological polar surface area (TPSA) is 59.1 Å². The Kier molecular flexibility index (Phi) is 6.87. The molecule has 0 spiro atoms. The zero-order chi connectivity index (χ0) is 21.8. The van der Waals surface area contributed by atoms with Crippen LogP contribution in [0.25, 0.3) is 0 Å². The van der Waals surface area contributed by atoms with E-state index in [2.05, 4.69) is 0 Å². The van der Waals surface area contributed by atoms with Gasteiger partial charge in [-0.25, -0.2) is 4.39 Å². The van der Waals surface area contributed by atoms with E-state index >= 15 is 0 Å². The molecule has 8 heteroatoms. The highest BCUT2D eigenvalue weighted by Gasteiger charge is 2.34. The zero-order valence-electron chi connectivity index (χ0n) is 17.6. The van der Waals surface area contributed by atoms with Gasteiger partial charge in [-0.2, -0.15) is 0 Å². The van der Waals surface area contributed by atoms with Crippen LogP contribution in [0.4, 0.5) is 4.39 Å². The van der Waals surface area contributed by atoms with Crippen molar-refractivity contribution in [1.29, 1.82) is 0 Å². The van der Waals surface area contributed by atoms with Gasteiger partial charge >= 0.3 is 0 Å². The molecule has 1 aliphatic carbocycles. The zero-order valence-corrected chi connectivity index (χ0v) is 18.4. The minimum absolute atomic E-state index is 0.0270. The van der Waals surface area contributed by atoms with Crippen molar-refractivity contribution in [2.45, 2.75) is 25.3 Å². The number of ether oxygens (including phenoxy) is 2. The number of benzene rings is 1. The van der Waals surface area contributed by atoms with Gasteiger partial charge < -0.3 is 19.3 Å². The van der Waals surface area contributed by atoms with Crippen molar-refractivity contribution in [3.63, 3.8) is 0 Å². The summed E-state index contributed by atoms with van der Waals surface area (Å²) in [4.78, 5) is 30.4. The SMILES string of the molecule is COCC(=O)N(CC(=O)N1CCc2sccc2C1COc1cccc(F)c1)CC1CC1. The molecule has 1 atom stereocenters. The lowest BCUT2D eigenvalue weighted by Gasteiger charge is -2.37. The molecule has 1 aromatic carbocycles. The summed E-state index contributed by atoms with van der Waals surface area (Å²) in [5.41, 5.74) is 1.07. The second-order valence-electron chi connectivity index (χ2n) is 8.07. The normalized spacial score (nSPS) is 17.9. The Morgan fingerprint density at radius 1 is 1.29 bits per heavy atom. The first kappa shape index (κ1) is 21.8. The molecule has 1 aromatic heterocycles. The summed E-state index contributed by atoms with van der Waals surface area (Å²) < 4.78 is 24.4. The summed E-state index contributed by atoms with van der Waals surface area (Å²) in [6.45, 7) is 1.40. The van der Waals surface area contributed by atoms with Gasteiger partial charge in [0.2, 0.25) is 11.8 Å². The second-order valence-corrected chi connectivity index (χ2v) is 9.07. The number of carbonyl (C=O) groups is 2. The fourth-order valence-electron chi connectivity index (χ4n) is 3.94. The lowest BCUT2D eigenvalue weighted by atomic mass is 10.0. The summed E-state index contributed by atoms with van der Waals surface area (Å²) in [5, 5.41) is 2.02. The number of methoxy groups -OCH3 is 1. The molecular weight excluding hydrogens is 419 g/mol. The first-order chi connectivity index (χ1) is 15.0. The Morgan fingerprint density at radius 3 is 2.87 bits per heavy atom. The maximum atomic E-state index is 13.5. The van der Waals surface area contributed by atoms with Crippen LogP contribution < -0.4 is 4.74 Å². The maximum absolute atomic E-state index is 13.5. The van der Waals surface area contributed by atoms with Crippen molar-refractivity contribution in [1.82, 2.24) is 9.80 Å². The molecule has 6 nitrogen and oxygen atoms in total. The average Bonchev–Trinajstić information content (AvgIpc) is 3.44. The number of thiophene rings is 1. The van der Waals surface area contributed by atoms with E-state index in [1.165, 1.54) is 24.1 Å². The van der Waals surface area contributed by atoms with Crippen LogP contribution in [0, 0.1) is 11.7 Å². The Labute approximate surface area is 185 Å². The average molecular weight is 447 g/mol. The van der Waals surface area contributed by atoms with Crippen molar-refractivity contribution in [3.8, 4) is 5.75 Å². The van der Waals surface area contributed by atoms with E-state index < -0.39 is 0 Å². The van der Waals surface area contributed by atoms with E-state index in [0.29, 0.717) is 24.8 Å². The van der Waals surface area contributed by atoms with Crippen molar-refractivity contribution in [2.75, 3.05) is 40.0 Å². The van der Waals surface area contributed by atoms with Crippen LogP contribution in [0.5, 0.6) is 5.75 Å². The van der Waals surface area contributed by atoms with Crippen molar-refractivity contribution < 1.29 is 23.5 Å². The van der Waals surface area contributed by atoms with Crippen LogP contribution in [0.1, 0.15) is 29.3 Å². The molecule has 0 N–H and O–H groups in total. The van der Waals surface area contributed by atoms with Gasteiger partial charge in [0, 0.05) is 31.1 Å². The Hall–Kier alpha value is -2.45. The van der Waals surface area contributed by atoms with Crippen LogP contribution >= 0.6 is 11.3 Å². The van der Waals surface area contributed by atoms with E-state index in [4.69, 9.17) is 9.47 Å². The first-order valence-electron chi connectivity index (χ1n) is 10.6. The molecule has 1 aliphatic heterocycles. The molecule has 1 saturated carbocycles. The molecule has 1 unspecified atom stereocenters. The predicted octanol–water partition coefficient (Wildman–Crippen LogP) is 3.28. The number of nitrogens with zero attached hydrogens (tertiary/aromatic N) is 2. The molecule has 2 aromatic rings. The largest absolute Gasteiger partial charge is 0.491 e. The van der Waals surface area contributed by atoms with Gasteiger partial charge in [0.15, 0.2) is 0 Å². The lowest BCUT2D eigenvalue weighted by molar-refractivity contribution is -0.144. The second kappa shape index (κ2) is 9.78. The maximum Gasteiger partial charge on any atom is 0.249 e. The third-order valence-electron chi connectivity index (χ3n) is 5.74. The van der Waals surface area contributed by atoms with Gasteiger partial charge in [-0.1, -0.05) is 6.07 Å². The van der Waals surface area contributed by atoms with Gasteiger partial charge in [0.05, 0.1) is 12.6 Å². The van der Waals surface area contributed by atoms with Crippen LogP contribution in [0.2, 0.25) is 0 Å². The number of hydrogen-bond donors (Lipinski definition) is 0. The molecule has 4 rings (SSSR count). The van der Waals surface area contributed by atoms with E-state index in [0.717, 1.165) is 24.8 Å². The number of rotatable bonds is 9. The number of carbonyl (C=O) groups excluding carboxylic acids is 2. The van der Waals surface area contributed by atoms with Crippen LogP contribution in [-0.4, -0.2) is 61.6 Å². The minimum atomic E-state index is -0.363. The summed E-state index contributed by atoms with van der Waals surface area (Å²) in [6, 6.07) is 7.76. The van der Waals surface area contributed by atoms with Gasteiger partial charge in [-0.15, -0.1) is 11.3 Å². The van der Waals surface area contributed by atoms with E-state index in [9.17, 15) is 14.0 Å². The van der Waals surface area contributed by atoms with E-state index in [-0.39, 0.29) is 43.4 Å². The standard InChI is InChI=1S/C23H27FN2O4S/c1-29-15-23(28)25(12-16-5-6-16)13-22(27)26-9-7-21-19(8-10-31-21)20(26)14-30-18-4-2-3-17(24)11-18/h2-4,8,10-11,16,20H,5-7,9,12-15H2,1H3. The number of halogens is 1. The molecule has 0 radical (unpaired) electrons. The highest BCUT2D eigenvalue weighted by molar-refractivity contribution is 7.10. The fourth-order valence-corrected chi connectivity index (χ4v) is 4.87. The summed E-state index contributed by atoms with van der Waals surface area (Å²) in [7, 11) is 1.48. The van der Waals surface area contributed by atoms with Gasteiger partial charge in [0.1, 0.15) is 24.8 Å². The quantitative estimate of drug-likeness (QED) is 0.593. The third-order valence-corrected chi connectivity index (χ3v) is 6.74. The highest BCUT2D eigenvalue weighted by Crippen LogP contribution is 2.34. The summed E-state index contributed by atoms with van der Waals surface area (Å²) in [5.74, 6) is 0.280. The van der Waals surface area contributed by atoms with Gasteiger partial charge in [-0.05, 0) is 54.3 Å². The molecule has 2 heterocycles. The molecule has 2 aliphatic rings. The number of fused-ring (bicyclic) bond motifs is 1. The van der Waals surface area contributed by atoms with Crippen LogP contribution in [-0.2, 0) is 20.7 Å². The molecule has 0 saturated heterocycles. The smallest absolute Gasteiger partial charge is 0.249 e. The summed E-state index contributed by atoms with van der Waals surface area (Å²) in [6.07, 6.45) is 2.97. The molecular formula is C23H27FN2O4S. The molecule has 31 heavy (non-hydrogen) atoms. The van der Waals surface area contributed by atoms with Gasteiger partial charge in [-0.3, -0.25) is 9.59 Å². The summed E-state index contributed by atoms with van der Waals surface area (Å²) >= 11 is 1.67. The van der Waals surface area contributed by atoms with Crippen molar-refractivity contribution in [2.24, 2.45) is 5.92 Å². The number of amides is 2. The van der Waals surface area contributed by atoms with Crippen LogP contribution in [0.15, 0.2) is 35.7 Å². The molecule has 1 fully saturated rings. The monoisotopic (exact) mass is 446 g/mol. The molecule has 2 amide bonds. The minimum Gasteiger partial charge on any atom is -0.491 e. The Balaban J connectivity index is 1.48. The van der Waals surface area contributed by atoms with E-state index in [1.807, 2.05) is 11.4 Å². The Morgan fingerprint density at radius 2 is 2.13 bits per heavy atom. The third kappa shape index (κ3) is 5.43. The highest BCUT2D eigenvalue weighted by atomic mass is 32.1. The molecule has 166 valence electrons. The number of hydrogen-bond acceptors (Lipinski definition) is 5. The molecule has 0 bridgehead atoms. The van der Waals surface area contributed by atoms with Crippen LogP contribution in [0.3, 0.4) is 0 Å². The van der Waals surface area contributed by atoms with Gasteiger partial charge in [0.25, 0.3) is 0 Å². The van der Waals surface area contributed by atoms with Crippen molar-refractivity contribution >= 4 is 23.2 Å².